The number of hydrogen-bond donors (Lipinski definition) is 1. The Morgan fingerprint density at radius 3 is 2.52 bits per heavy atom. The second kappa shape index (κ2) is 6.12. The van der Waals surface area contributed by atoms with Gasteiger partial charge in [-0.1, -0.05) is 12.1 Å². The molecule has 2 fully saturated rings. The number of anilines is 1. The van der Waals surface area contributed by atoms with E-state index in [1.54, 1.807) is 23.1 Å². The Bertz CT molecular complexity index is 515. The molecule has 2 saturated heterocycles. The molecule has 4 nitrogen and oxygen atoms in total. The summed E-state index contributed by atoms with van der Waals surface area (Å²) in [4.78, 5) is 16.4. The Morgan fingerprint density at radius 2 is 1.81 bits per heavy atom. The van der Waals surface area contributed by atoms with Crippen LogP contribution in [0.25, 0.3) is 0 Å². The first-order valence-corrected chi connectivity index (χ1v) is 7.65. The van der Waals surface area contributed by atoms with Crippen LogP contribution in [0.2, 0.25) is 0 Å². The number of nitrogens with zero attached hydrogens (tertiary/aromatic N) is 2. The van der Waals surface area contributed by atoms with Gasteiger partial charge in [0.15, 0.2) is 0 Å². The van der Waals surface area contributed by atoms with Crippen molar-refractivity contribution >= 4 is 11.6 Å². The first-order chi connectivity index (χ1) is 10.2. The molecule has 0 aromatic heterocycles. The van der Waals surface area contributed by atoms with Gasteiger partial charge in [0, 0.05) is 19.6 Å². The van der Waals surface area contributed by atoms with Gasteiger partial charge in [0.1, 0.15) is 5.82 Å². The van der Waals surface area contributed by atoms with E-state index in [0.717, 1.165) is 25.9 Å². The Labute approximate surface area is 124 Å². The summed E-state index contributed by atoms with van der Waals surface area (Å²) in [6.45, 7) is 2.05. The molecule has 2 aliphatic heterocycles. The Morgan fingerprint density at radius 1 is 1.10 bits per heavy atom. The lowest BCUT2D eigenvalue weighted by Gasteiger charge is -2.40. The number of carbonyl (C=O) groups excluding carboxylic acids is 1. The van der Waals surface area contributed by atoms with Gasteiger partial charge in [0.2, 0.25) is 5.91 Å². The van der Waals surface area contributed by atoms with Gasteiger partial charge in [-0.05, 0) is 37.8 Å². The van der Waals surface area contributed by atoms with Crippen LogP contribution in [-0.2, 0) is 4.79 Å². The summed E-state index contributed by atoms with van der Waals surface area (Å²) in [5.74, 6) is -0.358. The monoisotopic (exact) mass is 292 g/mol. The fourth-order valence-corrected chi connectivity index (χ4v) is 3.30. The SMILES string of the molecule is O=C1C(N2CCC(O)CC2)CCCN1c1ccccc1F. The van der Waals surface area contributed by atoms with E-state index in [-0.39, 0.29) is 23.9 Å². The van der Waals surface area contributed by atoms with E-state index < -0.39 is 0 Å². The number of carbonyl (C=O) groups is 1. The summed E-state index contributed by atoms with van der Waals surface area (Å²) in [5, 5.41) is 9.59. The van der Waals surface area contributed by atoms with Crippen LogP contribution in [-0.4, -0.2) is 47.7 Å². The maximum Gasteiger partial charge on any atom is 0.244 e. The zero-order valence-corrected chi connectivity index (χ0v) is 12.0. The van der Waals surface area contributed by atoms with Gasteiger partial charge in [0.05, 0.1) is 17.8 Å². The van der Waals surface area contributed by atoms with Gasteiger partial charge in [-0.2, -0.15) is 0 Å². The maximum absolute atomic E-state index is 13.9. The summed E-state index contributed by atoms with van der Waals surface area (Å²) in [6, 6.07) is 6.27. The zero-order chi connectivity index (χ0) is 14.8. The van der Waals surface area contributed by atoms with E-state index >= 15 is 0 Å². The van der Waals surface area contributed by atoms with Crippen molar-refractivity contribution in [3.8, 4) is 0 Å². The summed E-state index contributed by atoms with van der Waals surface area (Å²) < 4.78 is 13.9. The molecule has 1 unspecified atom stereocenters. The highest BCUT2D eigenvalue weighted by Crippen LogP contribution is 2.27. The third-order valence-electron chi connectivity index (χ3n) is 4.49. The normalized spacial score (nSPS) is 25.3. The topological polar surface area (TPSA) is 43.8 Å². The highest BCUT2D eigenvalue weighted by atomic mass is 19.1. The molecule has 0 bridgehead atoms. The molecule has 114 valence electrons. The smallest absolute Gasteiger partial charge is 0.244 e. The van der Waals surface area contributed by atoms with E-state index in [4.69, 9.17) is 0 Å². The first kappa shape index (κ1) is 14.5. The van der Waals surface area contributed by atoms with Gasteiger partial charge >= 0.3 is 0 Å². The van der Waals surface area contributed by atoms with Crippen molar-refractivity contribution in [3.63, 3.8) is 0 Å². The molecule has 1 N–H and O–H groups in total. The lowest BCUT2D eigenvalue weighted by molar-refractivity contribution is -0.126. The highest BCUT2D eigenvalue weighted by molar-refractivity contribution is 5.98. The predicted octanol–water partition coefficient (Wildman–Crippen LogP) is 1.78. The molecule has 1 aromatic rings. The molecule has 2 heterocycles. The van der Waals surface area contributed by atoms with Crippen LogP contribution >= 0.6 is 0 Å². The average molecular weight is 292 g/mol. The average Bonchev–Trinajstić information content (AvgIpc) is 2.50. The number of rotatable bonds is 2. The maximum atomic E-state index is 13.9. The largest absolute Gasteiger partial charge is 0.393 e. The van der Waals surface area contributed by atoms with E-state index in [1.165, 1.54) is 6.07 Å². The summed E-state index contributed by atoms with van der Waals surface area (Å²) in [6.07, 6.45) is 2.87. The molecule has 2 aliphatic rings. The van der Waals surface area contributed by atoms with Crippen LogP contribution in [0.3, 0.4) is 0 Å². The van der Waals surface area contributed by atoms with E-state index in [1.807, 2.05) is 0 Å². The lowest BCUT2D eigenvalue weighted by Crippen LogP contribution is -2.55. The Hall–Kier alpha value is -1.46. The molecule has 1 atom stereocenters. The van der Waals surface area contributed by atoms with Crippen molar-refractivity contribution in [2.75, 3.05) is 24.5 Å². The van der Waals surface area contributed by atoms with Gasteiger partial charge in [0.25, 0.3) is 0 Å². The fourth-order valence-electron chi connectivity index (χ4n) is 3.30. The van der Waals surface area contributed by atoms with E-state index in [2.05, 4.69) is 4.90 Å². The quantitative estimate of drug-likeness (QED) is 0.903. The third-order valence-corrected chi connectivity index (χ3v) is 4.49. The van der Waals surface area contributed by atoms with Crippen LogP contribution in [0.5, 0.6) is 0 Å². The van der Waals surface area contributed by atoms with Gasteiger partial charge in [-0.25, -0.2) is 4.39 Å². The van der Waals surface area contributed by atoms with Crippen molar-refractivity contribution in [2.24, 2.45) is 0 Å². The second-order valence-electron chi connectivity index (χ2n) is 5.87. The van der Waals surface area contributed by atoms with Crippen LogP contribution in [0.4, 0.5) is 10.1 Å². The van der Waals surface area contributed by atoms with Crippen LogP contribution in [0.15, 0.2) is 24.3 Å². The van der Waals surface area contributed by atoms with Crippen LogP contribution in [0.1, 0.15) is 25.7 Å². The summed E-state index contributed by atoms with van der Waals surface area (Å²) in [5.41, 5.74) is 0.379. The number of para-hydroxylation sites is 1. The number of piperidine rings is 2. The molecule has 5 heteroatoms. The number of aliphatic hydroxyl groups excluding tert-OH is 1. The third kappa shape index (κ3) is 2.94. The molecule has 0 spiro atoms. The standard InChI is InChI=1S/C16H21FN2O2/c17-13-4-1-2-5-14(13)19-9-3-6-15(16(19)21)18-10-7-12(20)8-11-18/h1-2,4-5,12,15,20H,3,6-11H2. The van der Waals surface area contributed by atoms with Crippen molar-refractivity contribution in [1.82, 2.24) is 4.90 Å². The molecular weight excluding hydrogens is 271 g/mol. The van der Waals surface area contributed by atoms with Crippen LogP contribution < -0.4 is 4.90 Å². The molecule has 1 amide bonds. The minimum Gasteiger partial charge on any atom is -0.393 e. The molecule has 1 aromatic carbocycles. The van der Waals surface area contributed by atoms with Crippen molar-refractivity contribution in [3.05, 3.63) is 30.1 Å². The van der Waals surface area contributed by atoms with E-state index in [0.29, 0.717) is 25.1 Å². The highest BCUT2D eigenvalue weighted by Gasteiger charge is 2.36. The van der Waals surface area contributed by atoms with Crippen LogP contribution in [0, 0.1) is 5.82 Å². The summed E-state index contributed by atoms with van der Waals surface area (Å²) in [7, 11) is 0. The predicted molar refractivity (Wildman–Crippen MR) is 78.6 cm³/mol. The second-order valence-corrected chi connectivity index (χ2v) is 5.87. The van der Waals surface area contributed by atoms with Gasteiger partial charge < -0.3 is 10.0 Å². The minimum atomic E-state index is -0.347. The van der Waals surface area contributed by atoms with Crippen molar-refractivity contribution < 1.29 is 14.3 Å². The molecule has 0 radical (unpaired) electrons. The molecule has 0 saturated carbocycles. The first-order valence-electron chi connectivity index (χ1n) is 7.65. The molecule has 3 rings (SSSR count). The zero-order valence-electron chi connectivity index (χ0n) is 12.0. The number of halogens is 1. The summed E-state index contributed by atoms with van der Waals surface area (Å²) >= 11 is 0. The fraction of sp³-hybridized carbons (Fsp3) is 0.562. The van der Waals surface area contributed by atoms with Crippen molar-refractivity contribution in [1.29, 1.82) is 0 Å². The number of benzene rings is 1. The number of amides is 1. The van der Waals surface area contributed by atoms with Gasteiger partial charge in [-0.3, -0.25) is 9.69 Å². The molecular formula is C16H21FN2O2. The van der Waals surface area contributed by atoms with Crippen molar-refractivity contribution in [2.45, 2.75) is 37.8 Å². The number of hydrogen-bond acceptors (Lipinski definition) is 3. The Kier molecular flexibility index (Phi) is 4.22. The molecule has 21 heavy (non-hydrogen) atoms. The van der Waals surface area contributed by atoms with E-state index in [9.17, 15) is 14.3 Å². The van der Waals surface area contributed by atoms with Gasteiger partial charge in [-0.15, -0.1) is 0 Å². The molecule has 0 aliphatic carbocycles. The Balaban J connectivity index is 1.76. The number of aliphatic hydroxyl groups is 1. The number of likely N-dealkylation sites (tertiary alicyclic amines) is 1. The lowest BCUT2D eigenvalue weighted by atomic mass is 9.98. The minimum absolute atomic E-state index is 0.0114.